The number of nitrogens with zero attached hydrogens (tertiary/aromatic N) is 3. The normalized spacial score (nSPS) is 25.1. The van der Waals surface area contributed by atoms with E-state index in [1.54, 1.807) is 24.4 Å². The Balaban J connectivity index is 1.04. The van der Waals surface area contributed by atoms with Crippen molar-refractivity contribution >= 4 is 0 Å². The number of para-hydroxylation sites is 1. The van der Waals surface area contributed by atoms with Crippen molar-refractivity contribution in [2.24, 2.45) is 5.41 Å². The van der Waals surface area contributed by atoms with E-state index < -0.39 is 23.7 Å². The van der Waals surface area contributed by atoms with E-state index in [9.17, 15) is 26.7 Å². The molecule has 0 N–H and O–H groups in total. The molecule has 206 valence electrons. The first-order valence-corrected chi connectivity index (χ1v) is 12.8. The number of fused-ring (bicyclic) bond motifs is 2. The molecule has 0 spiro atoms. The first-order valence-electron chi connectivity index (χ1n) is 12.8. The van der Waals surface area contributed by atoms with E-state index in [-0.39, 0.29) is 33.6 Å². The summed E-state index contributed by atoms with van der Waals surface area (Å²) in [5.41, 5.74) is 0.248. The van der Waals surface area contributed by atoms with Crippen LogP contribution in [0.4, 0.5) is 22.0 Å². The van der Waals surface area contributed by atoms with Gasteiger partial charge in [-0.15, -0.1) is 8.78 Å². The van der Waals surface area contributed by atoms with Crippen LogP contribution in [0.1, 0.15) is 37.3 Å². The van der Waals surface area contributed by atoms with Gasteiger partial charge >= 0.3 is 18.2 Å². The number of piperidine rings is 1. The number of aromatic nitrogens is 2. The Morgan fingerprint density at radius 3 is 2.44 bits per heavy atom. The minimum atomic E-state index is -4.34. The van der Waals surface area contributed by atoms with Gasteiger partial charge in [0.25, 0.3) is 0 Å². The molecule has 3 heterocycles. The van der Waals surface area contributed by atoms with Crippen LogP contribution in [0.2, 0.25) is 0 Å². The molecule has 39 heavy (non-hydrogen) atoms. The van der Waals surface area contributed by atoms with Crippen molar-refractivity contribution in [3.05, 3.63) is 76.3 Å². The second-order valence-electron chi connectivity index (χ2n) is 10.9. The molecule has 3 aliphatic rings. The number of aryl methyl sites for hydroxylation is 1. The second kappa shape index (κ2) is 8.77. The highest BCUT2D eigenvalue weighted by Crippen LogP contribution is 2.68. The van der Waals surface area contributed by atoms with Crippen molar-refractivity contribution in [1.82, 2.24) is 14.5 Å². The van der Waals surface area contributed by atoms with E-state index in [0.29, 0.717) is 6.54 Å². The average molecular weight is 548 g/mol. The number of hydrogen-bond donors (Lipinski definition) is 0. The molecule has 6 nitrogen and oxygen atoms in total. The fourth-order valence-corrected chi connectivity index (χ4v) is 6.22. The van der Waals surface area contributed by atoms with Crippen molar-refractivity contribution in [3.63, 3.8) is 0 Å². The first-order chi connectivity index (χ1) is 18.4. The number of alkyl halides is 5. The number of hydrogen-bond acceptors (Lipinski definition) is 5. The summed E-state index contributed by atoms with van der Waals surface area (Å²) in [5, 5.41) is 0. The minimum absolute atomic E-state index is 0.0553. The Bertz CT molecular complexity index is 1470. The van der Waals surface area contributed by atoms with Crippen molar-refractivity contribution in [1.29, 1.82) is 0 Å². The fraction of sp³-hybridized carbons (Fsp3) is 0.429. The zero-order valence-corrected chi connectivity index (χ0v) is 21.1. The molecule has 2 aromatic carbocycles. The maximum atomic E-state index is 13.5. The van der Waals surface area contributed by atoms with Crippen LogP contribution < -0.4 is 15.2 Å². The lowest BCUT2D eigenvalue weighted by atomic mass is 9.89. The summed E-state index contributed by atoms with van der Waals surface area (Å²) in [6.07, 6.45) is -3.99. The molecule has 1 aliphatic carbocycles. The topological polar surface area (TPSA) is 56.6 Å². The number of halogens is 5. The van der Waals surface area contributed by atoms with Gasteiger partial charge < -0.3 is 14.4 Å². The highest BCUT2D eigenvalue weighted by molar-refractivity contribution is 5.71. The van der Waals surface area contributed by atoms with E-state index in [2.05, 4.69) is 26.3 Å². The molecule has 1 saturated carbocycles. The van der Waals surface area contributed by atoms with E-state index >= 15 is 0 Å². The largest absolute Gasteiger partial charge is 0.586 e. The van der Waals surface area contributed by atoms with Gasteiger partial charge in [0.15, 0.2) is 11.5 Å². The summed E-state index contributed by atoms with van der Waals surface area (Å²) >= 11 is 0. The van der Waals surface area contributed by atoms with Gasteiger partial charge in [0.2, 0.25) is 0 Å². The average Bonchev–Trinajstić information content (AvgIpc) is 3.15. The van der Waals surface area contributed by atoms with Gasteiger partial charge in [-0.2, -0.15) is 18.2 Å². The summed E-state index contributed by atoms with van der Waals surface area (Å²) in [4.78, 5) is 19.0. The quantitative estimate of drug-likeness (QED) is 0.281. The van der Waals surface area contributed by atoms with Crippen LogP contribution in [0.15, 0.2) is 59.5 Å². The van der Waals surface area contributed by atoms with Crippen molar-refractivity contribution in [2.45, 2.75) is 50.6 Å². The van der Waals surface area contributed by atoms with Gasteiger partial charge in [-0.25, -0.2) is 4.79 Å². The monoisotopic (exact) mass is 547 g/mol. The molecule has 0 bridgehead atoms. The molecule has 3 aromatic rings. The number of likely N-dealkylation sites (tertiary alicyclic amines) is 1. The maximum absolute atomic E-state index is 13.5. The van der Waals surface area contributed by atoms with E-state index in [1.165, 1.54) is 34.9 Å². The van der Waals surface area contributed by atoms with Crippen LogP contribution in [0.5, 0.6) is 11.5 Å². The van der Waals surface area contributed by atoms with Crippen LogP contribution >= 0.6 is 0 Å². The molecule has 2 aliphatic heterocycles. The van der Waals surface area contributed by atoms with E-state index in [4.69, 9.17) is 0 Å². The molecular formula is C28H26F5N3O3. The molecule has 2 atom stereocenters. The Morgan fingerprint density at radius 2 is 1.72 bits per heavy atom. The zero-order valence-electron chi connectivity index (χ0n) is 21.1. The molecule has 2 fully saturated rings. The SMILES string of the molecule is C[C@]12CN(CCCCn3ccc(-c4cccc5c4OC(F)(F)O5)nc3=O)C[C@@]1(c1ccc(C(F)(F)F)cc1)C2. The number of rotatable bonds is 7. The Morgan fingerprint density at radius 1 is 0.974 bits per heavy atom. The van der Waals surface area contributed by atoms with Crippen LogP contribution in [0, 0.1) is 5.41 Å². The van der Waals surface area contributed by atoms with E-state index in [0.717, 1.165) is 44.5 Å². The van der Waals surface area contributed by atoms with Gasteiger partial charge in [0, 0.05) is 36.8 Å². The van der Waals surface area contributed by atoms with Crippen LogP contribution in [0.3, 0.4) is 0 Å². The molecule has 1 aromatic heterocycles. The highest BCUT2D eigenvalue weighted by atomic mass is 19.4. The smallest absolute Gasteiger partial charge is 0.395 e. The summed E-state index contributed by atoms with van der Waals surface area (Å²) in [6.45, 7) is 5.15. The predicted molar refractivity (Wildman–Crippen MR) is 132 cm³/mol. The third-order valence-corrected chi connectivity index (χ3v) is 8.26. The first kappa shape index (κ1) is 25.8. The molecule has 6 rings (SSSR count). The third kappa shape index (κ3) is 4.56. The van der Waals surface area contributed by atoms with Gasteiger partial charge in [-0.1, -0.05) is 25.1 Å². The van der Waals surface area contributed by atoms with Crippen molar-refractivity contribution in [2.75, 3.05) is 19.6 Å². The Hall–Kier alpha value is -3.47. The lowest BCUT2D eigenvalue weighted by Crippen LogP contribution is -2.28. The van der Waals surface area contributed by atoms with Gasteiger partial charge in [0.1, 0.15) is 0 Å². The van der Waals surface area contributed by atoms with Gasteiger partial charge in [0.05, 0.1) is 11.3 Å². The van der Waals surface area contributed by atoms with E-state index in [1.807, 2.05) is 0 Å². The Labute approximate surface area is 221 Å². The summed E-state index contributed by atoms with van der Waals surface area (Å²) in [5.74, 6) is -0.268. The lowest BCUT2D eigenvalue weighted by molar-refractivity contribution is -0.286. The summed E-state index contributed by atoms with van der Waals surface area (Å²) in [6, 6.07) is 11.6. The molecule has 0 unspecified atom stereocenters. The third-order valence-electron chi connectivity index (χ3n) is 8.26. The van der Waals surface area contributed by atoms with Gasteiger partial charge in [-0.05, 0) is 67.1 Å². The highest BCUT2D eigenvalue weighted by Gasteiger charge is 2.69. The molecule has 0 amide bonds. The minimum Gasteiger partial charge on any atom is -0.395 e. The lowest BCUT2D eigenvalue weighted by Gasteiger charge is -2.21. The maximum Gasteiger partial charge on any atom is 0.586 e. The van der Waals surface area contributed by atoms with Crippen LogP contribution in [-0.2, 0) is 18.1 Å². The second-order valence-corrected chi connectivity index (χ2v) is 10.9. The predicted octanol–water partition coefficient (Wildman–Crippen LogP) is 5.69. The number of unbranched alkanes of at least 4 members (excludes halogenated alkanes) is 1. The molecule has 0 radical (unpaired) electrons. The zero-order chi connectivity index (χ0) is 27.6. The van der Waals surface area contributed by atoms with Crippen LogP contribution in [-0.4, -0.2) is 40.4 Å². The fourth-order valence-electron chi connectivity index (χ4n) is 6.22. The molecule has 1 saturated heterocycles. The number of benzene rings is 2. The van der Waals surface area contributed by atoms with Crippen molar-refractivity contribution in [3.8, 4) is 22.8 Å². The summed E-state index contributed by atoms with van der Waals surface area (Å²) in [7, 11) is 0. The Kier molecular flexibility index (Phi) is 5.80. The number of ether oxygens (including phenoxy) is 2. The summed E-state index contributed by atoms with van der Waals surface area (Å²) < 4.78 is 76.4. The van der Waals surface area contributed by atoms with Gasteiger partial charge in [-0.3, -0.25) is 4.57 Å². The molecule has 11 heteroatoms. The van der Waals surface area contributed by atoms with Crippen molar-refractivity contribution < 1.29 is 31.4 Å². The standard InChI is InChI=1S/C28H26F5N3O3/c1-25-15-26(25,18-7-9-19(10-8-18)27(29,30)31)17-35(16-25)12-2-3-13-36-14-11-21(34-24(36)37)20-5-4-6-22-23(20)39-28(32,33)38-22/h4-11,14H,2-3,12-13,15-17H2,1H3/t25-,26+/m0/s1. The molecular weight excluding hydrogens is 521 g/mol. The van der Waals surface area contributed by atoms with Crippen LogP contribution in [0.25, 0.3) is 11.3 Å².